The maximum absolute atomic E-state index is 12.3. The maximum atomic E-state index is 12.3. The van der Waals surface area contributed by atoms with Crippen molar-refractivity contribution in [2.24, 2.45) is 5.41 Å². The minimum Gasteiger partial charge on any atom is -0.497 e. The predicted molar refractivity (Wildman–Crippen MR) is 98.4 cm³/mol. The molecule has 1 spiro atoms. The van der Waals surface area contributed by atoms with Crippen LogP contribution in [0.15, 0.2) is 18.2 Å². The standard InChI is InChI=1S/C19H29N3O3/c1-24-16-10-15(11-17(12-16)25-2)21-18(23)4-9-22-8-3-5-19(14-22)6-7-20-13-19/h10-12,20H,3-9,13-14H2,1-2H3,(H,21,23). The summed E-state index contributed by atoms with van der Waals surface area (Å²) < 4.78 is 10.5. The molecule has 0 saturated carbocycles. The number of nitrogens with one attached hydrogen (secondary N) is 2. The van der Waals surface area contributed by atoms with E-state index in [-0.39, 0.29) is 5.91 Å². The molecule has 0 aromatic heterocycles. The van der Waals surface area contributed by atoms with Crippen LogP contribution in [0, 0.1) is 5.41 Å². The lowest BCUT2D eigenvalue weighted by atomic mass is 9.79. The highest BCUT2D eigenvalue weighted by atomic mass is 16.5. The van der Waals surface area contributed by atoms with Gasteiger partial charge in [-0.15, -0.1) is 0 Å². The average molecular weight is 347 g/mol. The van der Waals surface area contributed by atoms with Gasteiger partial charge in [-0.05, 0) is 37.8 Å². The zero-order valence-electron chi connectivity index (χ0n) is 15.3. The van der Waals surface area contributed by atoms with E-state index in [1.54, 1.807) is 32.4 Å². The highest BCUT2D eigenvalue weighted by Crippen LogP contribution is 2.35. The summed E-state index contributed by atoms with van der Waals surface area (Å²) in [4.78, 5) is 14.8. The highest BCUT2D eigenvalue weighted by molar-refractivity contribution is 5.91. The predicted octanol–water partition coefficient (Wildman–Crippen LogP) is 2.11. The zero-order chi connectivity index (χ0) is 17.7. The molecule has 2 saturated heterocycles. The van der Waals surface area contributed by atoms with Gasteiger partial charge in [0.15, 0.2) is 0 Å². The Morgan fingerprint density at radius 3 is 2.64 bits per heavy atom. The third-order valence-corrected chi connectivity index (χ3v) is 5.36. The van der Waals surface area contributed by atoms with Gasteiger partial charge in [0, 0.05) is 49.9 Å². The van der Waals surface area contributed by atoms with Crippen molar-refractivity contribution >= 4 is 11.6 Å². The largest absolute Gasteiger partial charge is 0.497 e. The number of carbonyl (C=O) groups is 1. The van der Waals surface area contributed by atoms with Crippen molar-refractivity contribution in [1.82, 2.24) is 10.2 Å². The van der Waals surface area contributed by atoms with Crippen molar-refractivity contribution in [2.45, 2.75) is 25.7 Å². The molecule has 1 amide bonds. The van der Waals surface area contributed by atoms with Crippen LogP contribution < -0.4 is 20.1 Å². The fraction of sp³-hybridized carbons (Fsp3) is 0.632. The van der Waals surface area contributed by atoms with Gasteiger partial charge in [0.05, 0.1) is 14.2 Å². The van der Waals surface area contributed by atoms with E-state index in [4.69, 9.17) is 9.47 Å². The van der Waals surface area contributed by atoms with Gasteiger partial charge in [-0.25, -0.2) is 0 Å². The summed E-state index contributed by atoms with van der Waals surface area (Å²) in [5.41, 5.74) is 1.14. The van der Waals surface area contributed by atoms with Gasteiger partial charge >= 0.3 is 0 Å². The van der Waals surface area contributed by atoms with E-state index in [9.17, 15) is 4.79 Å². The smallest absolute Gasteiger partial charge is 0.225 e. The second-order valence-corrected chi connectivity index (χ2v) is 7.21. The second-order valence-electron chi connectivity index (χ2n) is 7.21. The summed E-state index contributed by atoms with van der Waals surface area (Å²) in [6.07, 6.45) is 4.31. The van der Waals surface area contributed by atoms with Gasteiger partial charge in [-0.3, -0.25) is 4.79 Å². The first-order chi connectivity index (χ1) is 12.1. The summed E-state index contributed by atoms with van der Waals surface area (Å²) in [6, 6.07) is 5.40. The number of carbonyl (C=O) groups excluding carboxylic acids is 1. The van der Waals surface area contributed by atoms with E-state index in [1.807, 2.05) is 0 Å². The third kappa shape index (κ3) is 4.64. The van der Waals surface area contributed by atoms with Crippen LogP contribution in [-0.4, -0.2) is 57.8 Å². The lowest BCUT2D eigenvalue weighted by Crippen LogP contribution is -2.45. The minimum absolute atomic E-state index is 0.0273. The molecule has 1 atom stereocenters. The Morgan fingerprint density at radius 1 is 1.24 bits per heavy atom. The Bertz CT molecular complexity index is 577. The number of rotatable bonds is 6. The van der Waals surface area contributed by atoms with Crippen molar-refractivity contribution < 1.29 is 14.3 Å². The van der Waals surface area contributed by atoms with Crippen molar-refractivity contribution in [2.75, 3.05) is 52.3 Å². The Hall–Kier alpha value is -1.79. The van der Waals surface area contributed by atoms with Crippen LogP contribution in [0.1, 0.15) is 25.7 Å². The van der Waals surface area contributed by atoms with Gasteiger partial charge < -0.3 is 25.0 Å². The SMILES string of the molecule is COc1cc(NC(=O)CCN2CCCC3(CCNC3)C2)cc(OC)c1. The van der Waals surface area contributed by atoms with Crippen molar-refractivity contribution in [1.29, 1.82) is 0 Å². The van der Waals surface area contributed by atoms with E-state index in [0.29, 0.717) is 29.0 Å². The van der Waals surface area contributed by atoms with Crippen molar-refractivity contribution in [3.8, 4) is 11.5 Å². The number of likely N-dealkylation sites (tertiary alicyclic amines) is 1. The number of hydrogen-bond donors (Lipinski definition) is 2. The quantitative estimate of drug-likeness (QED) is 0.825. The van der Waals surface area contributed by atoms with Gasteiger partial charge in [-0.1, -0.05) is 0 Å². The van der Waals surface area contributed by atoms with E-state index in [1.165, 1.54) is 19.3 Å². The second kappa shape index (κ2) is 8.06. The number of nitrogens with zero attached hydrogens (tertiary/aromatic N) is 1. The molecule has 2 fully saturated rings. The fourth-order valence-electron chi connectivity index (χ4n) is 4.01. The first-order valence-electron chi connectivity index (χ1n) is 9.08. The molecule has 0 radical (unpaired) electrons. The minimum atomic E-state index is 0.0273. The van der Waals surface area contributed by atoms with Crippen LogP contribution in [0.25, 0.3) is 0 Å². The molecule has 138 valence electrons. The Kier molecular flexibility index (Phi) is 5.81. The molecule has 25 heavy (non-hydrogen) atoms. The third-order valence-electron chi connectivity index (χ3n) is 5.36. The Labute approximate surface area is 149 Å². The van der Waals surface area contributed by atoms with Crippen LogP contribution >= 0.6 is 0 Å². The Balaban J connectivity index is 1.51. The number of hydrogen-bond acceptors (Lipinski definition) is 5. The zero-order valence-corrected chi connectivity index (χ0v) is 15.3. The first-order valence-corrected chi connectivity index (χ1v) is 9.08. The van der Waals surface area contributed by atoms with Crippen molar-refractivity contribution in [3.05, 3.63) is 18.2 Å². The lowest BCUT2D eigenvalue weighted by Gasteiger charge is -2.40. The first kappa shape index (κ1) is 18.0. The number of amides is 1. The summed E-state index contributed by atoms with van der Waals surface area (Å²) in [5, 5.41) is 6.45. The molecule has 6 heteroatoms. The molecular weight excluding hydrogens is 318 g/mol. The molecular formula is C19H29N3O3. The van der Waals surface area contributed by atoms with Crippen molar-refractivity contribution in [3.63, 3.8) is 0 Å². The average Bonchev–Trinajstić information content (AvgIpc) is 3.07. The summed E-state index contributed by atoms with van der Waals surface area (Å²) >= 11 is 0. The van der Waals surface area contributed by atoms with E-state index in [2.05, 4.69) is 15.5 Å². The molecule has 0 aliphatic carbocycles. The van der Waals surface area contributed by atoms with Crippen LogP contribution in [0.4, 0.5) is 5.69 Å². The molecule has 1 aromatic carbocycles. The van der Waals surface area contributed by atoms with Gasteiger partial charge in [-0.2, -0.15) is 0 Å². The molecule has 1 unspecified atom stereocenters. The molecule has 2 aliphatic heterocycles. The van der Waals surface area contributed by atoms with Gasteiger partial charge in [0.1, 0.15) is 11.5 Å². The highest BCUT2D eigenvalue weighted by Gasteiger charge is 2.37. The summed E-state index contributed by atoms with van der Waals surface area (Å²) in [6.45, 7) is 5.28. The number of methoxy groups -OCH3 is 2. The lowest BCUT2D eigenvalue weighted by molar-refractivity contribution is -0.116. The molecule has 2 N–H and O–H groups in total. The van der Waals surface area contributed by atoms with E-state index >= 15 is 0 Å². The maximum Gasteiger partial charge on any atom is 0.225 e. The van der Waals surface area contributed by atoms with Crippen LogP contribution in [-0.2, 0) is 4.79 Å². The number of piperidine rings is 1. The van der Waals surface area contributed by atoms with Crippen LogP contribution in [0.3, 0.4) is 0 Å². The normalized spacial score (nSPS) is 23.6. The topological polar surface area (TPSA) is 62.8 Å². The molecule has 1 aromatic rings. The molecule has 6 nitrogen and oxygen atoms in total. The monoisotopic (exact) mass is 347 g/mol. The molecule has 0 bridgehead atoms. The summed E-state index contributed by atoms with van der Waals surface area (Å²) in [7, 11) is 3.20. The number of benzene rings is 1. The fourth-order valence-corrected chi connectivity index (χ4v) is 4.01. The van der Waals surface area contributed by atoms with E-state index in [0.717, 1.165) is 32.7 Å². The summed E-state index contributed by atoms with van der Waals surface area (Å²) in [5.74, 6) is 1.36. The molecule has 3 rings (SSSR count). The van der Waals surface area contributed by atoms with Crippen LogP contribution in [0.5, 0.6) is 11.5 Å². The van der Waals surface area contributed by atoms with Gasteiger partial charge in [0.2, 0.25) is 5.91 Å². The number of ether oxygens (including phenoxy) is 2. The molecule has 2 heterocycles. The van der Waals surface area contributed by atoms with Crippen LogP contribution in [0.2, 0.25) is 0 Å². The Morgan fingerprint density at radius 2 is 2.00 bits per heavy atom. The van der Waals surface area contributed by atoms with Gasteiger partial charge in [0.25, 0.3) is 0 Å². The molecule has 2 aliphatic rings. The number of anilines is 1. The van der Waals surface area contributed by atoms with E-state index < -0.39 is 0 Å².